The van der Waals surface area contributed by atoms with Crippen molar-refractivity contribution in [2.45, 2.75) is 39.3 Å². The van der Waals surface area contributed by atoms with Gasteiger partial charge in [-0.15, -0.1) is 0 Å². The van der Waals surface area contributed by atoms with Crippen LogP contribution < -0.4 is 10.1 Å². The van der Waals surface area contributed by atoms with Gasteiger partial charge in [-0.2, -0.15) is 0 Å². The molecule has 0 saturated heterocycles. The molecule has 0 aliphatic rings. The van der Waals surface area contributed by atoms with Gasteiger partial charge in [0.2, 0.25) is 5.91 Å². The molecule has 0 aliphatic heterocycles. The van der Waals surface area contributed by atoms with Crippen LogP contribution in [0, 0.1) is 0 Å². The maximum Gasteiger partial charge on any atom is 0.302 e. The summed E-state index contributed by atoms with van der Waals surface area (Å²) in [5.74, 6) is 0.336. The van der Waals surface area contributed by atoms with Gasteiger partial charge < -0.3 is 14.8 Å². The SMILES string of the molecule is CC(=O)NC(CCc1ccc(OCc2ccccc2)cc1)COC(C)=O. The van der Waals surface area contributed by atoms with Crippen LogP contribution in [0.5, 0.6) is 5.75 Å². The van der Waals surface area contributed by atoms with Crippen molar-refractivity contribution in [1.82, 2.24) is 5.32 Å². The van der Waals surface area contributed by atoms with Crippen LogP contribution in [0.25, 0.3) is 0 Å². The Hall–Kier alpha value is -2.82. The zero-order valence-electron chi connectivity index (χ0n) is 15.2. The number of esters is 1. The van der Waals surface area contributed by atoms with Crippen LogP contribution in [-0.4, -0.2) is 24.5 Å². The highest BCUT2D eigenvalue weighted by Crippen LogP contribution is 2.16. The fraction of sp³-hybridized carbons (Fsp3) is 0.333. The van der Waals surface area contributed by atoms with Crippen LogP contribution >= 0.6 is 0 Å². The molecule has 1 N–H and O–H groups in total. The molecule has 26 heavy (non-hydrogen) atoms. The average molecular weight is 355 g/mol. The van der Waals surface area contributed by atoms with E-state index in [1.54, 1.807) is 0 Å². The number of rotatable bonds is 9. The van der Waals surface area contributed by atoms with Crippen LogP contribution in [0.4, 0.5) is 0 Å². The van der Waals surface area contributed by atoms with E-state index in [1.807, 2.05) is 54.6 Å². The van der Waals surface area contributed by atoms with Crippen LogP contribution in [0.1, 0.15) is 31.4 Å². The summed E-state index contributed by atoms with van der Waals surface area (Å²) in [5, 5.41) is 2.81. The Morgan fingerprint density at radius 3 is 2.27 bits per heavy atom. The molecule has 0 heterocycles. The standard InChI is InChI=1S/C21H25NO4/c1-16(23)22-20(15-25-17(2)24)11-8-18-9-12-21(13-10-18)26-14-19-6-4-3-5-7-19/h3-7,9-10,12-13,20H,8,11,14-15H2,1-2H3,(H,22,23). The highest BCUT2D eigenvalue weighted by molar-refractivity contribution is 5.73. The van der Waals surface area contributed by atoms with Crippen molar-refractivity contribution in [2.24, 2.45) is 0 Å². The maximum absolute atomic E-state index is 11.3. The molecule has 0 aromatic heterocycles. The Balaban J connectivity index is 1.82. The van der Waals surface area contributed by atoms with Gasteiger partial charge in [-0.3, -0.25) is 9.59 Å². The summed E-state index contributed by atoms with van der Waals surface area (Å²) in [4.78, 5) is 22.2. The van der Waals surface area contributed by atoms with Gasteiger partial charge >= 0.3 is 5.97 Å². The lowest BCUT2D eigenvalue weighted by molar-refractivity contribution is -0.142. The highest BCUT2D eigenvalue weighted by Gasteiger charge is 2.12. The monoisotopic (exact) mass is 355 g/mol. The lowest BCUT2D eigenvalue weighted by Crippen LogP contribution is -2.37. The topological polar surface area (TPSA) is 64.6 Å². The third-order valence-electron chi connectivity index (χ3n) is 3.85. The van der Waals surface area contributed by atoms with E-state index >= 15 is 0 Å². The number of benzene rings is 2. The van der Waals surface area contributed by atoms with Crippen molar-refractivity contribution in [3.63, 3.8) is 0 Å². The van der Waals surface area contributed by atoms with Crippen molar-refractivity contribution in [2.75, 3.05) is 6.61 Å². The summed E-state index contributed by atoms with van der Waals surface area (Å²) in [6.45, 7) is 3.54. The molecule has 0 bridgehead atoms. The van der Waals surface area contributed by atoms with Crippen molar-refractivity contribution < 1.29 is 19.1 Å². The molecule has 5 heteroatoms. The third-order valence-corrected chi connectivity index (χ3v) is 3.85. The quantitative estimate of drug-likeness (QED) is 0.701. The molecule has 0 saturated carbocycles. The molecule has 138 valence electrons. The van der Waals surface area contributed by atoms with E-state index in [4.69, 9.17) is 9.47 Å². The maximum atomic E-state index is 11.3. The highest BCUT2D eigenvalue weighted by atomic mass is 16.5. The van der Waals surface area contributed by atoms with Crippen molar-refractivity contribution in [3.8, 4) is 5.75 Å². The number of hydrogen-bond acceptors (Lipinski definition) is 4. The minimum Gasteiger partial charge on any atom is -0.489 e. The Kier molecular flexibility index (Phi) is 7.68. The molecule has 5 nitrogen and oxygen atoms in total. The number of aryl methyl sites for hydroxylation is 1. The van der Waals surface area contributed by atoms with Crippen molar-refractivity contribution in [1.29, 1.82) is 0 Å². The van der Waals surface area contributed by atoms with E-state index in [0.717, 1.165) is 23.3 Å². The van der Waals surface area contributed by atoms with E-state index in [9.17, 15) is 9.59 Å². The summed E-state index contributed by atoms with van der Waals surface area (Å²) < 4.78 is 10.8. The Labute approximate surface area is 154 Å². The Morgan fingerprint density at radius 2 is 1.65 bits per heavy atom. The largest absolute Gasteiger partial charge is 0.489 e. The van der Waals surface area contributed by atoms with Gasteiger partial charge in [0.1, 0.15) is 19.0 Å². The summed E-state index contributed by atoms with van der Waals surface area (Å²) >= 11 is 0. The molecule has 1 atom stereocenters. The van der Waals surface area contributed by atoms with E-state index in [1.165, 1.54) is 13.8 Å². The summed E-state index contributed by atoms with van der Waals surface area (Å²) in [6, 6.07) is 17.7. The molecule has 0 fully saturated rings. The van der Waals surface area contributed by atoms with Crippen molar-refractivity contribution in [3.05, 3.63) is 65.7 Å². The molecule has 2 rings (SSSR count). The van der Waals surface area contributed by atoms with Crippen LogP contribution in [-0.2, 0) is 27.4 Å². The number of nitrogens with one attached hydrogen (secondary N) is 1. The van der Waals surface area contributed by atoms with Crippen LogP contribution in [0.15, 0.2) is 54.6 Å². The lowest BCUT2D eigenvalue weighted by Gasteiger charge is -2.17. The lowest BCUT2D eigenvalue weighted by atomic mass is 10.1. The first kappa shape index (κ1) is 19.5. The number of hydrogen-bond donors (Lipinski definition) is 1. The summed E-state index contributed by atoms with van der Waals surface area (Å²) in [5.41, 5.74) is 2.26. The van der Waals surface area contributed by atoms with Gasteiger partial charge in [-0.25, -0.2) is 0 Å². The molecular weight excluding hydrogens is 330 g/mol. The smallest absolute Gasteiger partial charge is 0.302 e. The number of ether oxygens (including phenoxy) is 2. The van der Waals surface area contributed by atoms with Gasteiger partial charge in [-0.1, -0.05) is 42.5 Å². The first-order valence-corrected chi connectivity index (χ1v) is 8.69. The second-order valence-electron chi connectivity index (χ2n) is 6.16. The molecule has 2 aromatic carbocycles. The minimum absolute atomic E-state index is 0.133. The normalized spacial score (nSPS) is 11.5. The van der Waals surface area contributed by atoms with Gasteiger partial charge in [0.25, 0.3) is 0 Å². The first-order chi connectivity index (χ1) is 12.5. The zero-order chi connectivity index (χ0) is 18.8. The second-order valence-corrected chi connectivity index (χ2v) is 6.16. The Morgan fingerprint density at radius 1 is 0.962 bits per heavy atom. The average Bonchev–Trinajstić information content (AvgIpc) is 2.63. The fourth-order valence-electron chi connectivity index (χ4n) is 2.54. The number of amides is 1. The van der Waals surface area contributed by atoms with Crippen LogP contribution in [0.2, 0.25) is 0 Å². The van der Waals surface area contributed by atoms with E-state index < -0.39 is 0 Å². The van der Waals surface area contributed by atoms with E-state index in [0.29, 0.717) is 13.0 Å². The molecule has 2 aromatic rings. The number of carbonyl (C=O) groups excluding carboxylic acids is 2. The Bertz CT molecular complexity index is 698. The zero-order valence-corrected chi connectivity index (χ0v) is 15.2. The van der Waals surface area contributed by atoms with Crippen LogP contribution in [0.3, 0.4) is 0 Å². The molecule has 0 spiro atoms. The predicted octanol–water partition coefficient (Wildman–Crippen LogP) is 3.27. The fourth-order valence-corrected chi connectivity index (χ4v) is 2.54. The van der Waals surface area contributed by atoms with Gasteiger partial charge in [-0.05, 0) is 36.1 Å². The third kappa shape index (κ3) is 7.38. The number of carbonyl (C=O) groups is 2. The molecule has 1 amide bonds. The molecule has 0 radical (unpaired) electrons. The van der Waals surface area contributed by atoms with E-state index in [-0.39, 0.29) is 24.5 Å². The van der Waals surface area contributed by atoms with Gasteiger partial charge in [0.05, 0.1) is 6.04 Å². The van der Waals surface area contributed by atoms with E-state index in [2.05, 4.69) is 5.32 Å². The first-order valence-electron chi connectivity index (χ1n) is 8.69. The molecular formula is C21H25NO4. The predicted molar refractivity (Wildman–Crippen MR) is 99.8 cm³/mol. The van der Waals surface area contributed by atoms with Gasteiger partial charge in [0.15, 0.2) is 0 Å². The van der Waals surface area contributed by atoms with Gasteiger partial charge in [0, 0.05) is 13.8 Å². The second kappa shape index (κ2) is 10.2. The summed E-state index contributed by atoms with van der Waals surface area (Å²) in [6.07, 6.45) is 1.46. The molecule has 1 unspecified atom stereocenters. The van der Waals surface area contributed by atoms with Crippen molar-refractivity contribution >= 4 is 11.9 Å². The molecule has 0 aliphatic carbocycles. The summed E-state index contributed by atoms with van der Waals surface area (Å²) in [7, 11) is 0. The minimum atomic E-state index is -0.347.